The van der Waals surface area contributed by atoms with Gasteiger partial charge in [-0.25, -0.2) is 9.97 Å². The first-order valence-electron chi connectivity index (χ1n) is 7.09. The van der Waals surface area contributed by atoms with Gasteiger partial charge in [-0.15, -0.1) is 24.2 Å². The van der Waals surface area contributed by atoms with Crippen LogP contribution in [0.5, 0.6) is 0 Å². The van der Waals surface area contributed by atoms with Gasteiger partial charge in [0.15, 0.2) is 0 Å². The Morgan fingerprint density at radius 2 is 2.39 bits per heavy atom. The van der Waals surface area contributed by atoms with Gasteiger partial charge < -0.3 is 20.9 Å². The molecule has 9 heteroatoms. The summed E-state index contributed by atoms with van der Waals surface area (Å²) in [5.74, 6) is 1.54. The third-order valence-corrected chi connectivity index (χ3v) is 4.41. The van der Waals surface area contributed by atoms with Crippen molar-refractivity contribution in [3.63, 3.8) is 0 Å². The second-order valence-corrected chi connectivity index (χ2v) is 6.22. The number of nitrogens with one attached hydrogen (secondary N) is 2. The molecule has 1 atom stereocenters. The Balaban J connectivity index is 0.00000192. The second-order valence-electron chi connectivity index (χ2n) is 5.08. The monoisotopic (exact) mass is 354 g/mol. The van der Waals surface area contributed by atoms with E-state index in [9.17, 15) is 4.79 Å². The molecule has 2 aromatic rings. The number of hydrogen-bond acceptors (Lipinski definition) is 6. The van der Waals surface area contributed by atoms with E-state index in [0.717, 1.165) is 29.1 Å². The topological polar surface area (TPSA) is 99.9 Å². The molecule has 124 valence electrons. The fourth-order valence-electron chi connectivity index (χ4n) is 2.23. The van der Waals surface area contributed by atoms with E-state index in [0.29, 0.717) is 11.4 Å². The van der Waals surface area contributed by atoms with Crippen LogP contribution in [0.4, 0.5) is 5.82 Å². The van der Waals surface area contributed by atoms with Gasteiger partial charge in [-0.3, -0.25) is 4.79 Å². The molecular formula is C14H19ClN6OS. The molecule has 0 aliphatic carbocycles. The van der Waals surface area contributed by atoms with Crippen molar-refractivity contribution in [2.45, 2.75) is 13.0 Å². The lowest BCUT2D eigenvalue weighted by Gasteiger charge is -2.26. The van der Waals surface area contributed by atoms with Gasteiger partial charge in [0.2, 0.25) is 0 Å². The van der Waals surface area contributed by atoms with Crippen LogP contribution in [0.15, 0.2) is 29.7 Å². The van der Waals surface area contributed by atoms with E-state index in [1.165, 1.54) is 6.33 Å². The summed E-state index contributed by atoms with van der Waals surface area (Å²) in [7, 11) is 0. The van der Waals surface area contributed by atoms with Crippen molar-refractivity contribution in [1.29, 1.82) is 0 Å². The van der Waals surface area contributed by atoms with Crippen LogP contribution in [-0.4, -0.2) is 45.7 Å². The zero-order chi connectivity index (χ0) is 15.5. The number of nitrogens with zero attached hydrogens (tertiary/aromatic N) is 3. The molecule has 4 N–H and O–H groups in total. The number of aromatic nitrogens is 3. The van der Waals surface area contributed by atoms with Crippen molar-refractivity contribution in [1.82, 2.24) is 20.3 Å². The number of H-pyrrole nitrogens is 1. The molecule has 0 aromatic carbocycles. The molecule has 2 aromatic heterocycles. The van der Waals surface area contributed by atoms with E-state index in [4.69, 9.17) is 5.73 Å². The molecule has 23 heavy (non-hydrogen) atoms. The van der Waals surface area contributed by atoms with Gasteiger partial charge >= 0.3 is 0 Å². The average molecular weight is 355 g/mol. The van der Waals surface area contributed by atoms with E-state index < -0.39 is 0 Å². The number of amides is 1. The molecule has 0 unspecified atom stereocenters. The summed E-state index contributed by atoms with van der Waals surface area (Å²) < 4.78 is 0. The average Bonchev–Trinajstić information content (AvgIpc) is 3.03. The van der Waals surface area contributed by atoms with Crippen molar-refractivity contribution < 1.29 is 4.79 Å². The number of thioether (sulfide) groups is 1. The van der Waals surface area contributed by atoms with Crippen LogP contribution in [0.2, 0.25) is 0 Å². The van der Waals surface area contributed by atoms with E-state index in [1.807, 2.05) is 30.3 Å². The van der Waals surface area contributed by atoms with Crippen molar-refractivity contribution in [2.24, 2.45) is 5.73 Å². The molecule has 1 aliphatic heterocycles. The van der Waals surface area contributed by atoms with Crippen LogP contribution in [0.25, 0.3) is 11.0 Å². The Labute approximate surface area is 144 Å². The highest BCUT2D eigenvalue weighted by Crippen LogP contribution is 2.28. The number of fused-ring (bicyclic) bond motifs is 1. The first kappa shape index (κ1) is 17.6. The summed E-state index contributed by atoms with van der Waals surface area (Å²) in [4.78, 5) is 26.5. The van der Waals surface area contributed by atoms with Gasteiger partial charge in [0.05, 0.1) is 10.3 Å². The van der Waals surface area contributed by atoms with Crippen molar-refractivity contribution in [3.8, 4) is 0 Å². The number of carbonyl (C=O) groups is 1. The lowest BCUT2D eigenvalue weighted by atomic mass is 10.3. The molecular weight excluding hydrogens is 336 g/mol. The summed E-state index contributed by atoms with van der Waals surface area (Å²) >= 11 is 1.55. The summed E-state index contributed by atoms with van der Waals surface area (Å²) in [6.07, 6.45) is 5.21. The standard InChI is InChI=1S/C14H18N6OS.ClH/c1-9(6-15)19-14(21)11-7-20(4-5-22-11)13-10-2-3-16-12(10)17-8-18-13;/h2-3,7-9H,4-6,15H2,1H3,(H,19,21)(H,16,17,18);1H/t9-;/m0./s1. The van der Waals surface area contributed by atoms with Crippen LogP contribution in [0.1, 0.15) is 6.92 Å². The van der Waals surface area contributed by atoms with E-state index >= 15 is 0 Å². The van der Waals surface area contributed by atoms with E-state index in [1.54, 1.807) is 11.8 Å². The first-order valence-corrected chi connectivity index (χ1v) is 8.08. The number of anilines is 1. The highest BCUT2D eigenvalue weighted by Gasteiger charge is 2.21. The molecule has 0 saturated carbocycles. The predicted molar refractivity (Wildman–Crippen MR) is 95.7 cm³/mol. The number of carbonyl (C=O) groups excluding carboxylic acids is 1. The smallest absolute Gasteiger partial charge is 0.259 e. The summed E-state index contributed by atoms with van der Waals surface area (Å²) in [5.41, 5.74) is 6.34. The van der Waals surface area contributed by atoms with Gasteiger partial charge in [-0.05, 0) is 13.0 Å². The summed E-state index contributed by atoms with van der Waals surface area (Å²) in [5, 5.41) is 3.83. The summed E-state index contributed by atoms with van der Waals surface area (Å²) in [6.45, 7) is 3.10. The van der Waals surface area contributed by atoms with Crippen molar-refractivity contribution >= 4 is 46.9 Å². The molecule has 3 rings (SSSR count). The maximum absolute atomic E-state index is 12.2. The SMILES string of the molecule is C[C@@H](CN)NC(=O)C1=CN(c2ncnc3[nH]ccc23)CCS1.Cl. The molecule has 0 saturated heterocycles. The number of rotatable bonds is 4. The fourth-order valence-corrected chi connectivity index (χ4v) is 3.13. The van der Waals surface area contributed by atoms with Crippen LogP contribution in [0.3, 0.4) is 0 Å². The van der Waals surface area contributed by atoms with Crippen LogP contribution < -0.4 is 16.0 Å². The highest BCUT2D eigenvalue weighted by atomic mass is 35.5. The minimum absolute atomic E-state index is 0. The second kappa shape index (κ2) is 7.67. The maximum Gasteiger partial charge on any atom is 0.259 e. The minimum Gasteiger partial charge on any atom is -0.348 e. The lowest BCUT2D eigenvalue weighted by molar-refractivity contribution is -0.117. The van der Waals surface area contributed by atoms with Crippen LogP contribution in [-0.2, 0) is 4.79 Å². The number of hydrogen-bond donors (Lipinski definition) is 3. The third kappa shape index (κ3) is 3.77. The quantitative estimate of drug-likeness (QED) is 0.763. The minimum atomic E-state index is -0.0907. The molecule has 0 fully saturated rings. The van der Waals surface area contributed by atoms with Gasteiger partial charge in [0, 0.05) is 37.3 Å². The Kier molecular flexibility index (Phi) is 5.86. The number of aromatic amines is 1. The van der Waals surface area contributed by atoms with Crippen molar-refractivity contribution in [2.75, 3.05) is 23.7 Å². The zero-order valence-electron chi connectivity index (χ0n) is 12.7. The lowest BCUT2D eigenvalue weighted by Crippen LogP contribution is -2.39. The van der Waals surface area contributed by atoms with Crippen LogP contribution in [0, 0.1) is 0 Å². The van der Waals surface area contributed by atoms with Gasteiger partial charge in [0.25, 0.3) is 5.91 Å². The van der Waals surface area contributed by atoms with Crippen molar-refractivity contribution in [3.05, 3.63) is 29.7 Å². The molecule has 1 aliphatic rings. The summed E-state index contributed by atoms with van der Waals surface area (Å²) in [6, 6.07) is 1.90. The van der Waals surface area contributed by atoms with Gasteiger partial charge in [-0.1, -0.05) is 0 Å². The molecule has 3 heterocycles. The fraction of sp³-hybridized carbons (Fsp3) is 0.357. The van der Waals surface area contributed by atoms with Crippen LogP contribution >= 0.6 is 24.2 Å². The third-order valence-electron chi connectivity index (χ3n) is 3.42. The number of nitrogens with two attached hydrogens (primary N) is 1. The highest BCUT2D eigenvalue weighted by molar-refractivity contribution is 8.04. The van der Waals surface area contributed by atoms with E-state index in [2.05, 4.69) is 20.3 Å². The molecule has 0 bridgehead atoms. The Hall–Kier alpha value is -1.77. The van der Waals surface area contributed by atoms with Gasteiger partial charge in [0.1, 0.15) is 17.8 Å². The maximum atomic E-state index is 12.2. The zero-order valence-corrected chi connectivity index (χ0v) is 14.3. The molecule has 0 radical (unpaired) electrons. The normalized spacial score (nSPS) is 15.7. The Bertz CT molecular complexity index is 718. The number of halogens is 1. The Morgan fingerprint density at radius 1 is 1.57 bits per heavy atom. The Morgan fingerprint density at radius 3 is 3.17 bits per heavy atom. The van der Waals surface area contributed by atoms with Gasteiger partial charge in [-0.2, -0.15) is 0 Å². The first-order chi connectivity index (χ1) is 10.7. The predicted octanol–water partition coefficient (Wildman–Crippen LogP) is 1.24. The van der Waals surface area contributed by atoms with E-state index in [-0.39, 0.29) is 24.4 Å². The molecule has 7 nitrogen and oxygen atoms in total. The largest absolute Gasteiger partial charge is 0.348 e. The molecule has 1 amide bonds. The molecule has 0 spiro atoms.